The molecule has 4 nitrogen and oxygen atoms in total. The minimum absolute atomic E-state index is 0.0539. The number of carbonyl (C=O) groups is 1. The first kappa shape index (κ1) is 14.0. The van der Waals surface area contributed by atoms with Gasteiger partial charge in [0.1, 0.15) is 6.04 Å². The van der Waals surface area contributed by atoms with Crippen LogP contribution in [-0.2, 0) is 4.79 Å². The van der Waals surface area contributed by atoms with E-state index >= 15 is 0 Å². The number of hydrogen-bond acceptors (Lipinski definition) is 4. The van der Waals surface area contributed by atoms with E-state index in [1.807, 2.05) is 30.5 Å². The van der Waals surface area contributed by atoms with Gasteiger partial charge in [-0.15, -0.1) is 11.8 Å². The largest absolute Gasteiger partial charge is 0.480 e. The van der Waals surface area contributed by atoms with Crippen LogP contribution in [-0.4, -0.2) is 47.5 Å². The van der Waals surface area contributed by atoms with Crippen molar-refractivity contribution in [2.75, 3.05) is 26.5 Å². The molecular formula is C12H17NO3S. The molecule has 1 unspecified atom stereocenters. The van der Waals surface area contributed by atoms with Gasteiger partial charge in [-0.3, -0.25) is 9.69 Å². The van der Waals surface area contributed by atoms with E-state index in [1.54, 1.807) is 11.9 Å². The number of carboxylic acids is 1. The predicted molar refractivity (Wildman–Crippen MR) is 68.3 cm³/mol. The SMILES string of the molecule is CSc1ccccc1C(C(=O)O)N(C)CCO. The minimum Gasteiger partial charge on any atom is -0.480 e. The Morgan fingerprint density at radius 2 is 2.12 bits per heavy atom. The zero-order valence-electron chi connectivity index (χ0n) is 9.96. The molecule has 0 bridgehead atoms. The molecule has 5 heteroatoms. The molecule has 0 aliphatic rings. The lowest BCUT2D eigenvalue weighted by Crippen LogP contribution is -2.33. The van der Waals surface area contributed by atoms with Gasteiger partial charge >= 0.3 is 5.97 Å². The molecule has 0 aliphatic carbocycles. The molecule has 2 N–H and O–H groups in total. The molecule has 17 heavy (non-hydrogen) atoms. The van der Waals surface area contributed by atoms with Crippen molar-refractivity contribution in [1.82, 2.24) is 4.90 Å². The van der Waals surface area contributed by atoms with E-state index in [0.717, 1.165) is 10.5 Å². The maximum atomic E-state index is 11.4. The molecule has 94 valence electrons. The highest BCUT2D eigenvalue weighted by molar-refractivity contribution is 7.98. The van der Waals surface area contributed by atoms with Crippen molar-refractivity contribution in [2.45, 2.75) is 10.9 Å². The van der Waals surface area contributed by atoms with E-state index in [9.17, 15) is 9.90 Å². The summed E-state index contributed by atoms with van der Waals surface area (Å²) in [5, 5.41) is 18.2. The van der Waals surface area contributed by atoms with Crippen LogP contribution >= 0.6 is 11.8 Å². The summed E-state index contributed by atoms with van der Waals surface area (Å²) in [6.45, 7) is 0.279. The highest BCUT2D eigenvalue weighted by atomic mass is 32.2. The molecule has 0 saturated carbocycles. The monoisotopic (exact) mass is 255 g/mol. The summed E-state index contributed by atoms with van der Waals surface area (Å²) in [6.07, 6.45) is 1.92. The maximum absolute atomic E-state index is 11.4. The second kappa shape index (κ2) is 6.64. The maximum Gasteiger partial charge on any atom is 0.325 e. The first-order chi connectivity index (χ1) is 8.11. The van der Waals surface area contributed by atoms with Crippen molar-refractivity contribution in [3.8, 4) is 0 Å². The number of hydrogen-bond donors (Lipinski definition) is 2. The third-order valence-corrected chi connectivity index (χ3v) is 3.37. The van der Waals surface area contributed by atoms with E-state index in [1.165, 1.54) is 11.8 Å². The third kappa shape index (κ3) is 3.46. The Labute approximate surface area is 105 Å². The number of aliphatic carboxylic acids is 1. The molecule has 0 aromatic heterocycles. The molecule has 0 saturated heterocycles. The Morgan fingerprint density at radius 1 is 1.47 bits per heavy atom. The van der Waals surface area contributed by atoms with Crippen LogP contribution in [0.15, 0.2) is 29.2 Å². The third-order valence-electron chi connectivity index (χ3n) is 2.56. The van der Waals surface area contributed by atoms with E-state index in [0.29, 0.717) is 6.54 Å². The van der Waals surface area contributed by atoms with Crippen LogP contribution in [0.5, 0.6) is 0 Å². The van der Waals surface area contributed by atoms with Gasteiger partial charge in [0.2, 0.25) is 0 Å². The lowest BCUT2D eigenvalue weighted by molar-refractivity contribution is -0.143. The smallest absolute Gasteiger partial charge is 0.325 e. The zero-order chi connectivity index (χ0) is 12.8. The van der Waals surface area contributed by atoms with Gasteiger partial charge in [0, 0.05) is 11.4 Å². The van der Waals surface area contributed by atoms with Crippen molar-refractivity contribution < 1.29 is 15.0 Å². The van der Waals surface area contributed by atoms with Gasteiger partial charge in [-0.25, -0.2) is 0 Å². The molecule has 0 fully saturated rings. The van der Waals surface area contributed by atoms with Gasteiger partial charge in [0.05, 0.1) is 6.61 Å². The number of aliphatic hydroxyl groups is 1. The molecule has 1 rings (SSSR count). The summed E-state index contributed by atoms with van der Waals surface area (Å²) in [5.41, 5.74) is 0.767. The number of benzene rings is 1. The Bertz CT molecular complexity index is 384. The number of likely N-dealkylation sites (N-methyl/N-ethyl adjacent to an activating group) is 1. The number of rotatable bonds is 6. The van der Waals surface area contributed by atoms with E-state index in [4.69, 9.17) is 5.11 Å². The van der Waals surface area contributed by atoms with Crippen LogP contribution in [0, 0.1) is 0 Å². The minimum atomic E-state index is -0.901. The fourth-order valence-corrected chi connectivity index (χ4v) is 2.37. The number of nitrogens with zero attached hydrogens (tertiary/aromatic N) is 1. The predicted octanol–water partition coefficient (Wildman–Crippen LogP) is 1.46. The van der Waals surface area contributed by atoms with Gasteiger partial charge in [-0.05, 0) is 24.9 Å². The highest BCUT2D eigenvalue weighted by Crippen LogP contribution is 2.29. The molecule has 0 radical (unpaired) electrons. The molecule has 0 spiro atoms. The number of thioether (sulfide) groups is 1. The first-order valence-electron chi connectivity index (χ1n) is 5.28. The van der Waals surface area contributed by atoms with Crippen LogP contribution in [0.2, 0.25) is 0 Å². The second-order valence-electron chi connectivity index (χ2n) is 3.69. The second-order valence-corrected chi connectivity index (χ2v) is 4.54. The summed E-state index contributed by atoms with van der Waals surface area (Å²) in [4.78, 5) is 13.9. The van der Waals surface area contributed by atoms with Crippen LogP contribution < -0.4 is 0 Å². The Balaban J connectivity index is 3.09. The fourth-order valence-electron chi connectivity index (χ4n) is 1.74. The van der Waals surface area contributed by atoms with Crippen molar-refractivity contribution in [3.63, 3.8) is 0 Å². The summed E-state index contributed by atoms with van der Waals surface area (Å²) < 4.78 is 0. The Morgan fingerprint density at radius 3 is 2.65 bits per heavy atom. The van der Waals surface area contributed by atoms with Gasteiger partial charge in [0.25, 0.3) is 0 Å². The van der Waals surface area contributed by atoms with E-state index in [-0.39, 0.29) is 6.61 Å². The van der Waals surface area contributed by atoms with Gasteiger partial charge < -0.3 is 10.2 Å². The van der Waals surface area contributed by atoms with Crippen LogP contribution in [0.3, 0.4) is 0 Å². The van der Waals surface area contributed by atoms with Gasteiger partial charge in [0.15, 0.2) is 0 Å². The quantitative estimate of drug-likeness (QED) is 0.754. The van der Waals surface area contributed by atoms with Crippen molar-refractivity contribution in [1.29, 1.82) is 0 Å². The number of carboxylic acid groups (broad SMARTS) is 1. The zero-order valence-corrected chi connectivity index (χ0v) is 10.8. The van der Waals surface area contributed by atoms with Crippen molar-refractivity contribution in [3.05, 3.63) is 29.8 Å². The summed E-state index contributed by atoms with van der Waals surface area (Å²) in [6, 6.07) is 6.73. The summed E-state index contributed by atoms with van der Waals surface area (Å²) in [5.74, 6) is -0.901. The lowest BCUT2D eigenvalue weighted by atomic mass is 10.1. The van der Waals surface area contributed by atoms with Crippen molar-refractivity contribution >= 4 is 17.7 Å². The fraction of sp³-hybridized carbons (Fsp3) is 0.417. The van der Waals surface area contributed by atoms with E-state index in [2.05, 4.69) is 0 Å². The standard InChI is InChI=1S/C12H17NO3S/c1-13(7-8-14)11(12(15)16)9-5-3-4-6-10(9)17-2/h3-6,11,14H,7-8H2,1-2H3,(H,15,16). The van der Waals surface area contributed by atoms with E-state index < -0.39 is 12.0 Å². The molecule has 1 aromatic rings. The molecule has 0 amide bonds. The number of aliphatic hydroxyl groups excluding tert-OH is 1. The average molecular weight is 255 g/mol. The summed E-state index contributed by atoms with van der Waals surface area (Å²) in [7, 11) is 1.70. The topological polar surface area (TPSA) is 60.8 Å². The van der Waals surface area contributed by atoms with Crippen molar-refractivity contribution in [2.24, 2.45) is 0 Å². The Kier molecular flexibility index (Phi) is 5.47. The molecule has 1 aromatic carbocycles. The highest BCUT2D eigenvalue weighted by Gasteiger charge is 2.26. The molecule has 0 aliphatic heterocycles. The lowest BCUT2D eigenvalue weighted by Gasteiger charge is -2.25. The molecular weight excluding hydrogens is 238 g/mol. The average Bonchev–Trinajstić information content (AvgIpc) is 2.30. The summed E-state index contributed by atoms with van der Waals surface area (Å²) >= 11 is 1.52. The Hall–Kier alpha value is -1.04. The van der Waals surface area contributed by atoms with Gasteiger partial charge in [-0.2, -0.15) is 0 Å². The van der Waals surface area contributed by atoms with Crippen LogP contribution in [0.25, 0.3) is 0 Å². The molecule has 1 atom stereocenters. The normalized spacial score (nSPS) is 12.7. The van der Waals surface area contributed by atoms with Gasteiger partial charge in [-0.1, -0.05) is 18.2 Å². The molecule has 0 heterocycles. The first-order valence-corrected chi connectivity index (χ1v) is 6.51. The van der Waals surface area contributed by atoms with Crippen LogP contribution in [0.4, 0.5) is 0 Å². The van der Waals surface area contributed by atoms with Crippen LogP contribution in [0.1, 0.15) is 11.6 Å².